The van der Waals surface area contributed by atoms with Gasteiger partial charge in [-0.25, -0.2) is 8.42 Å². The number of carbonyl (C=O) groups excluding carboxylic acids is 2. The van der Waals surface area contributed by atoms with E-state index in [4.69, 9.17) is 14.2 Å². The Hall–Kier alpha value is -3.15. The molecule has 10 nitrogen and oxygen atoms in total. The van der Waals surface area contributed by atoms with Crippen LogP contribution >= 0.6 is 0 Å². The van der Waals surface area contributed by atoms with Crippen molar-refractivity contribution in [2.24, 2.45) is 0 Å². The van der Waals surface area contributed by atoms with Gasteiger partial charge in [0.2, 0.25) is 10.0 Å². The fraction of sp³-hybridized carbons (Fsp3) is 0.391. The molecule has 1 saturated heterocycles. The minimum Gasteiger partial charge on any atom is -0.486 e. The first-order chi connectivity index (χ1) is 16.4. The molecule has 2 aliphatic heterocycles. The molecule has 182 valence electrons. The number of rotatable bonds is 6. The molecule has 2 N–H and O–H groups in total. The lowest BCUT2D eigenvalue weighted by atomic mass is 10.1. The lowest BCUT2D eigenvalue weighted by Crippen LogP contribution is -2.53. The summed E-state index contributed by atoms with van der Waals surface area (Å²) >= 11 is 0. The maximum Gasteiger partial charge on any atom is 0.309 e. The minimum absolute atomic E-state index is 0.0366. The monoisotopic (exact) mass is 489 g/mol. The highest BCUT2D eigenvalue weighted by Gasteiger charge is 2.35. The van der Waals surface area contributed by atoms with E-state index in [9.17, 15) is 18.0 Å². The summed E-state index contributed by atoms with van der Waals surface area (Å²) in [5, 5.41) is 5.05. The lowest BCUT2D eigenvalue weighted by molar-refractivity contribution is -0.140. The topological polar surface area (TPSA) is 123 Å². The van der Waals surface area contributed by atoms with Crippen molar-refractivity contribution in [2.75, 3.05) is 32.9 Å². The van der Waals surface area contributed by atoms with Crippen LogP contribution in [0.5, 0.6) is 11.5 Å². The number of sulfonamides is 1. The van der Waals surface area contributed by atoms with Crippen LogP contribution in [0.2, 0.25) is 0 Å². The zero-order valence-corrected chi connectivity index (χ0v) is 19.6. The Labute approximate surface area is 198 Å². The van der Waals surface area contributed by atoms with Crippen molar-refractivity contribution in [1.29, 1.82) is 0 Å². The third-order valence-corrected chi connectivity index (χ3v) is 7.50. The van der Waals surface area contributed by atoms with Gasteiger partial charge in [-0.1, -0.05) is 24.3 Å². The van der Waals surface area contributed by atoms with Crippen LogP contribution in [-0.4, -0.2) is 63.7 Å². The molecule has 0 saturated carbocycles. The number of carbonyl (C=O) groups is 2. The molecule has 0 unspecified atom stereocenters. The fourth-order valence-corrected chi connectivity index (χ4v) is 5.33. The second kappa shape index (κ2) is 10.4. The smallest absolute Gasteiger partial charge is 0.309 e. The number of aryl methyl sites for hydroxylation is 1. The van der Waals surface area contributed by atoms with Crippen LogP contribution in [0, 0.1) is 6.92 Å². The summed E-state index contributed by atoms with van der Waals surface area (Å²) in [7, 11) is -3.94. The second-order valence-electron chi connectivity index (χ2n) is 7.92. The highest BCUT2D eigenvalue weighted by Crippen LogP contribution is 2.34. The summed E-state index contributed by atoms with van der Waals surface area (Å²) in [5.74, 6) is -0.819. The van der Waals surface area contributed by atoms with Crippen molar-refractivity contribution >= 4 is 21.8 Å². The average Bonchev–Trinajstić information content (AvgIpc) is 2.86. The van der Waals surface area contributed by atoms with E-state index < -0.39 is 28.1 Å². The molecule has 1 fully saturated rings. The van der Waals surface area contributed by atoms with Crippen LogP contribution in [0.4, 0.5) is 0 Å². The fourth-order valence-electron chi connectivity index (χ4n) is 3.75. The van der Waals surface area contributed by atoms with Crippen molar-refractivity contribution in [3.05, 3.63) is 53.6 Å². The molecule has 2 aromatic rings. The highest BCUT2D eigenvalue weighted by atomic mass is 32.2. The van der Waals surface area contributed by atoms with Gasteiger partial charge < -0.3 is 24.8 Å². The summed E-state index contributed by atoms with van der Waals surface area (Å²) in [6, 6.07) is 12.0. The van der Waals surface area contributed by atoms with Gasteiger partial charge in [0.1, 0.15) is 19.4 Å². The van der Waals surface area contributed by atoms with E-state index in [-0.39, 0.29) is 24.5 Å². The maximum absolute atomic E-state index is 13.3. The summed E-state index contributed by atoms with van der Waals surface area (Å²) in [4.78, 5) is 24.6. The molecule has 2 heterocycles. The normalized spacial score (nSPS) is 18.2. The van der Waals surface area contributed by atoms with Crippen LogP contribution in [0.1, 0.15) is 17.5 Å². The van der Waals surface area contributed by atoms with Crippen LogP contribution < -0.4 is 20.1 Å². The quantitative estimate of drug-likeness (QED) is 0.579. The zero-order chi connectivity index (χ0) is 24.1. The molecule has 11 heteroatoms. The van der Waals surface area contributed by atoms with Crippen molar-refractivity contribution in [2.45, 2.75) is 31.0 Å². The number of hydrogen-bond acceptors (Lipinski definition) is 7. The lowest BCUT2D eigenvalue weighted by Gasteiger charge is -2.34. The number of benzene rings is 2. The van der Waals surface area contributed by atoms with Gasteiger partial charge in [-0.05, 0) is 36.6 Å². The molecule has 1 atom stereocenters. The largest absolute Gasteiger partial charge is 0.486 e. The Kier molecular flexibility index (Phi) is 7.35. The van der Waals surface area contributed by atoms with Gasteiger partial charge in [-0.2, -0.15) is 4.31 Å². The molecule has 0 bridgehead atoms. The van der Waals surface area contributed by atoms with Gasteiger partial charge in [0.05, 0.1) is 18.0 Å². The van der Waals surface area contributed by atoms with Crippen LogP contribution in [-0.2, 0) is 30.9 Å². The Bertz CT molecular complexity index is 1170. The van der Waals surface area contributed by atoms with Crippen molar-refractivity contribution in [3.8, 4) is 11.5 Å². The third kappa shape index (κ3) is 5.32. The molecule has 0 aromatic heterocycles. The molecule has 0 spiro atoms. The summed E-state index contributed by atoms with van der Waals surface area (Å²) in [5.41, 5.74) is 1.90. The number of amides is 2. The minimum atomic E-state index is -3.94. The Morgan fingerprint density at radius 1 is 1.00 bits per heavy atom. The summed E-state index contributed by atoms with van der Waals surface area (Å²) in [6.07, 6.45) is -0.439. The van der Waals surface area contributed by atoms with Crippen molar-refractivity contribution < 1.29 is 32.2 Å². The Balaban J connectivity index is 1.38. The predicted octanol–water partition coefficient (Wildman–Crippen LogP) is 0.936. The molecule has 34 heavy (non-hydrogen) atoms. The van der Waals surface area contributed by atoms with Crippen LogP contribution in [0.25, 0.3) is 0 Å². The Morgan fingerprint density at radius 2 is 1.74 bits per heavy atom. The van der Waals surface area contributed by atoms with Crippen LogP contribution in [0.3, 0.4) is 0 Å². The molecule has 2 aromatic carbocycles. The first-order valence-corrected chi connectivity index (χ1v) is 12.4. The van der Waals surface area contributed by atoms with E-state index in [1.165, 1.54) is 16.4 Å². The maximum atomic E-state index is 13.3. The standard InChI is InChI=1S/C23H27N3O7S/c1-16-5-2-3-6-17(16)14-24-22(27)23(28)25-15-21-26(9-4-10-33-21)34(29,30)18-7-8-19-20(13-18)32-12-11-31-19/h2-3,5-8,13,21H,4,9-12,14-15H2,1H3,(H,24,27)(H,25,28)/t21-/m1/s1. The first kappa shape index (κ1) is 24.0. The van der Waals surface area contributed by atoms with E-state index in [1.807, 2.05) is 31.2 Å². The van der Waals surface area contributed by atoms with Gasteiger partial charge in [-0.15, -0.1) is 0 Å². The van der Waals surface area contributed by atoms with E-state index in [2.05, 4.69) is 10.6 Å². The molecule has 4 rings (SSSR count). The number of ether oxygens (including phenoxy) is 3. The zero-order valence-electron chi connectivity index (χ0n) is 18.8. The average molecular weight is 490 g/mol. The van der Waals surface area contributed by atoms with Gasteiger partial charge >= 0.3 is 11.8 Å². The summed E-state index contributed by atoms with van der Waals surface area (Å²) in [6.45, 7) is 3.26. The molecule has 2 aliphatic rings. The summed E-state index contributed by atoms with van der Waals surface area (Å²) < 4.78 is 44.4. The number of hydrogen-bond donors (Lipinski definition) is 2. The predicted molar refractivity (Wildman–Crippen MR) is 122 cm³/mol. The second-order valence-corrected chi connectivity index (χ2v) is 9.81. The number of nitrogens with one attached hydrogen (secondary N) is 2. The number of fused-ring (bicyclic) bond motifs is 1. The van der Waals surface area contributed by atoms with Crippen molar-refractivity contribution in [1.82, 2.24) is 14.9 Å². The molecular weight excluding hydrogens is 462 g/mol. The van der Waals surface area contributed by atoms with Gasteiger partial charge in [-0.3, -0.25) is 9.59 Å². The Morgan fingerprint density at radius 3 is 2.53 bits per heavy atom. The van der Waals surface area contributed by atoms with E-state index in [0.717, 1.165) is 11.1 Å². The van der Waals surface area contributed by atoms with E-state index >= 15 is 0 Å². The molecule has 0 radical (unpaired) electrons. The van der Waals surface area contributed by atoms with Gasteiger partial charge in [0, 0.05) is 19.2 Å². The molecule has 0 aliphatic carbocycles. The van der Waals surface area contributed by atoms with Crippen LogP contribution in [0.15, 0.2) is 47.4 Å². The van der Waals surface area contributed by atoms with E-state index in [1.54, 1.807) is 6.07 Å². The van der Waals surface area contributed by atoms with Gasteiger partial charge in [0.25, 0.3) is 0 Å². The third-order valence-electron chi connectivity index (χ3n) is 5.62. The van der Waals surface area contributed by atoms with E-state index in [0.29, 0.717) is 37.7 Å². The SMILES string of the molecule is Cc1ccccc1CNC(=O)C(=O)NC[C@H]1OCCCN1S(=O)(=O)c1ccc2c(c1)OCCO2. The number of nitrogens with zero attached hydrogens (tertiary/aromatic N) is 1. The molecular formula is C23H27N3O7S. The first-order valence-electron chi connectivity index (χ1n) is 11.0. The molecule has 2 amide bonds. The van der Waals surface area contributed by atoms with Gasteiger partial charge in [0.15, 0.2) is 11.5 Å². The van der Waals surface area contributed by atoms with Crippen molar-refractivity contribution in [3.63, 3.8) is 0 Å². The highest BCUT2D eigenvalue weighted by molar-refractivity contribution is 7.89.